The van der Waals surface area contributed by atoms with Crippen molar-refractivity contribution in [2.75, 3.05) is 0 Å². The average Bonchev–Trinajstić information content (AvgIpc) is 2.46. The molecule has 98 valence electrons. The van der Waals surface area contributed by atoms with Crippen LogP contribution in [0.15, 0.2) is 59.1 Å². The van der Waals surface area contributed by atoms with Crippen LogP contribution in [0.2, 0.25) is 0 Å². The van der Waals surface area contributed by atoms with E-state index in [4.69, 9.17) is 4.74 Å². The highest BCUT2D eigenvalue weighted by Crippen LogP contribution is 2.24. The van der Waals surface area contributed by atoms with Gasteiger partial charge in [-0.1, -0.05) is 53.2 Å². The Bertz CT molecular complexity index is 534. The molecule has 0 unspecified atom stereocenters. The van der Waals surface area contributed by atoms with E-state index in [9.17, 15) is 4.79 Å². The number of hydrogen-bond acceptors (Lipinski definition) is 2. The topological polar surface area (TPSA) is 26.3 Å². The Kier molecular flexibility index (Phi) is 4.74. The van der Waals surface area contributed by atoms with E-state index in [2.05, 4.69) is 15.9 Å². The molecule has 0 radical (unpaired) electrons. The lowest BCUT2D eigenvalue weighted by Gasteiger charge is -2.16. The third kappa shape index (κ3) is 3.67. The summed E-state index contributed by atoms with van der Waals surface area (Å²) in [6.07, 6.45) is 0.543. The van der Waals surface area contributed by atoms with Crippen LogP contribution in [0.5, 0.6) is 0 Å². The van der Waals surface area contributed by atoms with Crippen LogP contribution in [-0.4, -0.2) is 5.97 Å². The van der Waals surface area contributed by atoms with Gasteiger partial charge in [-0.15, -0.1) is 0 Å². The maximum atomic E-state index is 12.0. The lowest BCUT2D eigenvalue weighted by Crippen LogP contribution is -2.11. The molecule has 0 saturated heterocycles. The highest BCUT2D eigenvalue weighted by molar-refractivity contribution is 9.10. The largest absolute Gasteiger partial charge is 0.454 e. The maximum absolute atomic E-state index is 12.0. The number of hydrogen-bond donors (Lipinski definition) is 0. The first-order valence-electron chi connectivity index (χ1n) is 6.22. The quantitative estimate of drug-likeness (QED) is 0.760. The second-order valence-corrected chi connectivity index (χ2v) is 5.14. The monoisotopic (exact) mass is 318 g/mol. The molecule has 0 spiro atoms. The molecule has 0 aliphatic rings. The van der Waals surface area contributed by atoms with E-state index in [1.165, 1.54) is 0 Å². The summed E-state index contributed by atoms with van der Waals surface area (Å²) in [7, 11) is 0. The fourth-order valence-corrected chi connectivity index (χ4v) is 2.10. The number of ether oxygens (including phenoxy) is 1. The molecule has 0 aromatic heterocycles. The standard InChI is InChI=1S/C16H15BrO2/c1-2-15(12-8-10-14(17)11-9-12)19-16(18)13-6-4-3-5-7-13/h3-11,15H,2H2,1H3/t15-/m0/s1. The molecular weight excluding hydrogens is 304 g/mol. The molecule has 0 heterocycles. The molecular formula is C16H15BrO2. The maximum Gasteiger partial charge on any atom is 0.338 e. The van der Waals surface area contributed by atoms with Crippen LogP contribution in [0.4, 0.5) is 0 Å². The Hall–Kier alpha value is -1.61. The van der Waals surface area contributed by atoms with Crippen molar-refractivity contribution in [1.82, 2.24) is 0 Å². The van der Waals surface area contributed by atoms with Gasteiger partial charge in [0.2, 0.25) is 0 Å². The first-order chi connectivity index (χ1) is 9.20. The highest BCUT2D eigenvalue weighted by atomic mass is 79.9. The smallest absolute Gasteiger partial charge is 0.338 e. The van der Waals surface area contributed by atoms with Gasteiger partial charge in [0, 0.05) is 4.47 Å². The number of carbonyl (C=O) groups excluding carboxylic acids is 1. The van der Waals surface area contributed by atoms with E-state index < -0.39 is 0 Å². The van der Waals surface area contributed by atoms with Crippen LogP contribution in [0.3, 0.4) is 0 Å². The van der Waals surface area contributed by atoms with E-state index in [-0.39, 0.29) is 12.1 Å². The molecule has 0 N–H and O–H groups in total. The van der Waals surface area contributed by atoms with Gasteiger partial charge in [0.15, 0.2) is 0 Å². The predicted octanol–water partition coefficient (Wildman–Crippen LogP) is 4.76. The Morgan fingerprint density at radius 2 is 1.74 bits per heavy atom. The summed E-state index contributed by atoms with van der Waals surface area (Å²) in [6, 6.07) is 16.9. The number of carbonyl (C=O) groups is 1. The summed E-state index contributed by atoms with van der Waals surface area (Å²) in [5, 5.41) is 0. The van der Waals surface area contributed by atoms with Crippen LogP contribution in [-0.2, 0) is 4.74 Å². The van der Waals surface area contributed by atoms with Gasteiger partial charge in [0.05, 0.1) is 5.56 Å². The van der Waals surface area contributed by atoms with Crippen molar-refractivity contribution in [3.63, 3.8) is 0 Å². The molecule has 2 aromatic carbocycles. The van der Waals surface area contributed by atoms with Crippen molar-refractivity contribution < 1.29 is 9.53 Å². The molecule has 2 rings (SSSR count). The van der Waals surface area contributed by atoms with Crippen LogP contribution in [0.25, 0.3) is 0 Å². The molecule has 2 nitrogen and oxygen atoms in total. The van der Waals surface area contributed by atoms with Gasteiger partial charge in [0.25, 0.3) is 0 Å². The highest BCUT2D eigenvalue weighted by Gasteiger charge is 2.15. The second-order valence-electron chi connectivity index (χ2n) is 4.22. The van der Waals surface area contributed by atoms with Crippen molar-refractivity contribution in [3.05, 3.63) is 70.2 Å². The Morgan fingerprint density at radius 1 is 1.11 bits per heavy atom. The van der Waals surface area contributed by atoms with Gasteiger partial charge in [-0.3, -0.25) is 0 Å². The van der Waals surface area contributed by atoms with Gasteiger partial charge in [-0.25, -0.2) is 4.79 Å². The molecule has 0 saturated carbocycles. The second kappa shape index (κ2) is 6.53. The SMILES string of the molecule is CC[C@H](OC(=O)c1ccccc1)c1ccc(Br)cc1. The molecule has 0 aliphatic carbocycles. The number of rotatable bonds is 4. The Balaban J connectivity index is 2.11. The van der Waals surface area contributed by atoms with E-state index in [1.54, 1.807) is 12.1 Å². The third-order valence-corrected chi connectivity index (χ3v) is 3.40. The lowest BCUT2D eigenvalue weighted by atomic mass is 10.1. The molecule has 0 fully saturated rings. The zero-order valence-electron chi connectivity index (χ0n) is 10.7. The normalized spacial score (nSPS) is 11.9. The average molecular weight is 319 g/mol. The molecule has 0 aliphatic heterocycles. The minimum atomic E-state index is -0.282. The number of halogens is 1. The Labute approximate surface area is 121 Å². The van der Waals surface area contributed by atoms with Gasteiger partial charge in [0.1, 0.15) is 6.10 Å². The minimum Gasteiger partial charge on any atom is -0.454 e. The zero-order valence-corrected chi connectivity index (χ0v) is 12.3. The Morgan fingerprint density at radius 3 is 2.32 bits per heavy atom. The summed E-state index contributed by atoms with van der Waals surface area (Å²) in [5.74, 6) is -0.282. The van der Waals surface area contributed by atoms with E-state index in [1.807, 2.05) is 49.4 Å². The minimum absolute atomic E-state index is 0.208. The van der Waals surface area contributed by atoms with E-state index in [0.717, 1.165) is 16.5 Å². The zero-order chi connectivity index (χ0) is 13.7. The van der Waals surface area contributed by atoms with Gasteiger partial charge in [-0.05, 0) is 36.2 Å². The molecule has 1 atom stereocenters. The van der Waals surface area contributed by atoms with Crippen molar-refractivity contribution in [3.8, 4) is 0 Å². The van der Waals surface area contributed by atoms with Crippen LogP contribution in [0.1, 0.15) is 35.4 Å². The van der Waals surface area contributed by atoms with E-state index >= 15 is 0 Å². The summed E-state index contributed by atoms with van der Waals surface area (Å²) in [5.41, 5.74) is 1.59. The molecule has 0 bridgehead atoms. The summed E-state index contributed by atoms with van der Waals surface area (Å²) >= 11 is 3.40. The number of benzene rings is 2. The lowest BCUT2D eigenvalue weighted by molar-refractivity contribution is 0.0288. The number of esters is 1. The summed E-state index contributed by atoms with van der Waals surface area (Å²) < 4.78 is 6.57. The first kappa shape index (κ1) is 13.8. The van der Waals surface area contributed by atoms with Crippen LogP contribution >= 0.6 is 15.9 Å². The van der Waals surface area contributed by atoms with Crippen LogP contribution in [0, 0.1) is 0 Å². The van der Waals surface area contributed by atoms with Gasteiger partial charge >= 0.3 is 5.97 Å². The first-order valence-corrected chi connectivity index (χ1v) is 7.01. The van der Waals surface area contributed by atoms with Gasteiger partial charge in [-0.2, -0.15) is 0 Å². The van der Waals surface area contributed by atoms with Crippen molar-refractivity contribution in [2.45, 2.75) is 19.4 Å². The molecule has 19 heavy (non-hydrogen) atoms. The van der Waals surface area contributed by atoms with Crippen LogP contribution < -0.4 is 0 Å². The molecule has 3 heteroatoms. The van der Waals surface area contributed by atoms with Crippen molar-refractivity contribution >= 4 is 21.9 Å². The molecule has 0 amide bonds. The summed E-state index contributed by atoms with van der Waals surface area (Å²) in [4.78, 5) is 12.0. The van der Waals surface area contributed by atoms with Crippen molar-refractivity contribution in [1.29, 1.82) is 0 Å². The van der Waals surface area contributed by atoms with Gasteiger partial charge < -0.3 is 4.74 Å². The van der Waals surface area contributed by atoms with Crippen molar-refractivity contribution in [2.24, 2.45) is 0 Å². The van der Waals surface area contributed by atoms with E-state index in [0.29, 0.717) is 5.56 Å². The fourth-order valence-electron chi connectivity index (χ4n) is 1.84. The third-order valence-electron chi connectivity index (χ3n) is 2.87. The fraction of sp³-hybridized carbons (Fsp3) is 0.188. The summed E-state index contributed by atoms with van der Waals surface area (Å²) in [6.45, 7) is 2.00. The predicted molar refractivity (Wildman–Crippen MR) is 79.0 cm³/mol. The molecule has 2 aromatic rings.